The molecule has 7 nitrogen and oxygen atoms in total. The van der Waals surface area contributed by atoms with E-state index in [1.165, 1.54) is 19.2 Å². The molecule has 0 aliphatic rings. The van der Waals surface area contributed by atoms with Gasteiger partial charge in [-0.3, -0.25) is 10.1 Å². The molecule has 0 spiro atoms. The van der Waals surface area contributed by atoms with Crippen molar-refractivity contribution in [1.29, 1.82) is 0 Å². The maximum atomic E-state index is 10.7. The molecule has 0 saturated carbocycles. The Morgan fingerprint density at radius 3 is 2.93 bits per heavy atom. The summed E-state index contributed by atoms with van der Waals surface area (Å²) in [6.45, 7) is -0.0448. The lowest BCUT2D eigenvalue weighted by Crippen LogP contribution is -1.95. The molecule has 0 amide bonds. The molecule has 7 heteroatoms. The van der Waals surface area contributed by atoms with Gasteiger partial charge in [-0.05, 0) is 17.7 Å². The maximum Gasteiger partial charge on any atom is 0.276 e. The van der Waals surface area contributed by atoms with Crippen molar-refractivity contribution in [2.75, 3.05) is 7.11 Å². The zero-order valence-electron chi connectivity index (χ0n) is 7.95. The van der Waals surface area contributed by atoms with Crippen LogP contribution in [0.25, 0.3) is 10.4 Å². The van der Waals surface area contributed by atoms with Crippen LogP contribution in [-0.4, -0.2) is 12.0 Å². The van der Waals surface area contributed by atoms with Crippen LogP contribution in [0.2, 0.25) is 0 Å². The molecule has 0 bridgehead atoms. The summed E-state index contributed by atoms with van der Waals surface area (Å²) in [5, 5.41) is 13.9. The Bertz CT molecular complexity index is 426. The Kier molecular flexibility index (Phi) is 3.48. The summed E-state index contributed by atoms with van der Waals surface area (Å²) in [7, 11) is 1.42. The predicted octanol–water partition coefficient (Wildman–Crippen LogP) is 2.41. The van der Waals surface area contributed by atoms with Crippen LogP contribution in [0, 0.1) is 10.1 Å². The molecule has 1 aromatic rings. The zero-order chi connectivity index (χ0) is 11.3. The van der Waals surface area contributed by atoms with Gasteiger partial charge in [0.05, 0.1) is 24.6 Å². The van der Waals surface area contributed by atoms with E-state index in [2.05, 4.69) is 10.0 Å². The highest BCUT2D eigenvalue weighted by molar-refractivity contribution is 5.45. The largest absolute Gasteiger partial charge is 0.497 e. The van der Waals surface area contributed by atoms with Crippen LogP contribution in [0.1, 0.15) is 5.56 Å². The van der Waals surface area contributed by atoms with Crippen LogP contribution in [0.15, 0.2) is 23.3 Å². The van der Waals surface area contributed by atoms with Gasteiger partial charge in [0.15, 0.2) is 0 Å². The molecule has 15 heavy (non-hydrogen) atoms. The van der Waals surface area contributed by atoms with E-state index in [4.69, 9.17) is 10.3 Å². The van der Waals surface area contributed by atoms with Gasteiger partial charge in [0.25, 0.3) is 5.69 Å². The lowest BCUT2D eigenvalue weighted by atomic mass is 10.2. The fourth-order valence-corrected chi connectivity index (χ4v) is 1.08. The van der Waals surface area contributed by atoms with Crippen LogP contribution in [-0.2, 0) is 6.54 Å². The first-order chi connectivity index (χ1) is 7.19. The number of methoxy groups -OCH3 is 1. The van der Waals surface area contributed by atoms with E-state index in [-0.39, 0.29) is 12.2 Å². The quantitative estimate of drug-likeness (QED) is 0.249. The minimum absolute atomic E-state index is 0.0448. The van der Waals surface area contributed by atoms with Gasteiger partial charge < -0.3 is 4.74 Å². The fourth-order valence-electron chi connectivity index (χ4n) is 1.08. The number of rotatable bonds is 4. The standard InChI is InChI=1S/C8H8N4O3/c1-15-7-3-2-6(5-10-11-9)8(4-7)12(13)14/h2-4H,5H2,1H3. The third-order valence-corrected chi connectivity index (χ3v) is 1.79. The smallest absolute Gasteiger partial charge is 0.276 e. The van der Waals surface area contributed by atoms with Crippen molar-refractivity contribution in [3.63, 3.8) is 0 Å². The molecule has 0 aromatic heterocycles. The average molecular weight is 208 g/mol. The minimum Gasteiger partial charge on any atom is -0.497 e. The molecule has 0 radical (unpaired) electrons. The first-order valence-electron chi connectivity index (χ1n) is 4.01. The number of benzene rings is 1. The summed E-state index contributed by atoms with van der Waals surface area (Å²) in [5.41, 5.74) is 8.37. The summed E-state index contributed by atoms with van der Waals surface area (Å²) in [5.74, 6) is 0.395. The Balaban J connectivity index is 3.14. The van der Waals surface area contributed by atoms with Crippen LogP contribution < -0.4 is 4.74 Å². The van der Waals surface area contributed by atoms with Crippen LogP contribution in [0.5, 0.6) is 5.75 Å². The van der Waals surface area contributed by atoms with E-state index in [9.17, 15) is 10.1 Å². The first kappa shape index (κ1) is 10.8. The van der Waals surface area contributed by atoms with Gasteiger partial charge in [-0.1, -0.05) is 5.11 Å². The van der Waals surface area contributed by atoms with Gasteiger partial charge in [-0.15, -0.1) is 0 Å². The number of hydrogen-bond acceptors (Lipinski definition) is 4. The van der Waals surface area contributed by atoms with Crippen molar-refractivity contribution in [3.05, 3.63) is 44.3 Å². The van der Waals surface area contributed by atoms with Crippen molar-refractivity contribution in [1.82, 2.24) is 0 Å². The fraction of sp³-hybridized carbons (Fsp3) is 0.250. The van der Waals surface area contributed by atoms with Crippen LogP contribution in [0.4, 0.5) is 5.69 Å². The number of azide groups is 1. The topological polar surface area (TPSA) is 101 Å². The molecule has 0 aliphatic carbocycles. The second-order valence-electron chi connectivity index (χ2n) is 2.64. The lowest BCUT2D eigenvalue weighted by Gasteiger charge is -2.02. The van der Waals surface area contributed by atoms with E-state index < -0.39 is 4.92 Å². The molecule has 0 aliphatic heterocycles. The van der Waals surface area contributed by atoms with Crippen molar-refractivity contribution >= 4 is 5.69 Å². The molecule has 0 unspecified atom stereocenters. The summed E-state index contributed by atoms with van der Waals surface area (Å²) >= 11 is 0. The third kappa shape index (κ3) is 2.58. The summed E-state index contributed by atoms with van der Waals surface area (Å²) in [6.07, 6.45) is 0. The number of ether oxygens (including phenoxy) is 1. The van der Waals surface area contributed by atoms with E-state index in [0.29, 0.717) is 11.3 Å². The van der Waals surface area contributed by atoms with E-state index >= 15 is 0 Å². The molecule has 0 fully saturated rings. The summed E-state index contributed by atoms with van der Waals surface area (Å²) < 4.78 is 4.86. The van der Waals surface area contributed by atoms with Gasteiger partial charge in [0.1, 0.15) is 5.75 Å². The SMILES string of the molecule is COc1ccc(CN=[N+]=[N-])c([N+](=O)[O-])c1. The molecule has 0 N–H and O–H groups in total. The predicted molar refractivity (Wildman–Crippen MR) is 52.5 cm³/mol. The molecule has 0 atom stereocenters. The number of nitro groups is 1. The molecule has 1 rings (SSSR count). The van der Waals surface area contributed by atoms with E-state index in [1.807, 2.05) is 0 Å². The monoisotopic (exact) mass is 208 g/mol. The Morgan fingerprint density at radius 1 is 1.67 bits per heavy atom. The van der Waals surface area contributed by atoms with Gasteiger partial charge in [-0.2, -0.15) is 0 Å². The van der Waals surface area contributed by atoms with E-state index in [0.717, 1.165) is 0 Å². The number of nitro benzene ring substituents is 1. The van der Waals surface area contributed by atoms with Crippen molar-refractivity contribution in [3.8, 4) is 5.75 Å². The third-order valence-electron chi connectivity index (χ3n) is 1.79. The van der Waals surface area contributed by atoms with Gasteiger partial charge in [-0.25, -0.2) is 0 Å². The van der Waals surface area contributed by atoms with Gasteiger partial charge >= 0.3 is 0 Å². The maximum absolute atomic E-state index is 10.7. The second-order valence-corrected chi connectivity index (χ2v) is 2.64. The van der Waals surface area contributed by atoms with Gasteiger partial charge in [0, 0.05) is 10.5 Å². The van der Waals surface area contributed by atoms with Crippen molar-refractivity contribution in [2.45, 2.75) is 6.54 Å². The lowest BCUT2D eigenvalue weighted by molar-refractivity contribution is -0.385. The molecule has 1 aromatic carbocycles. The molecular weight excluding hydrogens is 200 g/mol. The minimum atomic E-state index is -0.537. The highest BCUT2D eigenvalue weighted by atomic mass is 16.6. The zero-order valence-corrected chi connectivity index (χ0v) is 7.95. The van der Waals surface area contributed by atoms with Crippen molar-refractivity contribution in [2.24, 2.45) is 5.11 Å². The van der Waals surface area contributed by atoms with Crippen molar-refractivity contribution < 1.29 is 9.66 Å². The normalized spacial score (nSPS) is 9.13. The van der Waals surface area contributed by atoms with Crippen LogP contribution in [0.3, 0.4) is 0 Å². The average Bonchev–Trinajstić information content (AvgIpc) is 2.26. The van der Waals surface area contributed by atoms with E-state index in [1.54, 1.807) is 6.07 Å². The first-order valence-corrected chi connectivity index (χ1v) is 4.01. The Morgan fingerprint density at radius 2 is 2.40 bits per heavy atom. The molecule has 0 heterocycles. The molecule has 78 valence electrons. The summed E-state index contributed by atoms with van der Waals surface area (Å²) in [6, 6.07) is 4.38. The molecular formula is C8H8N4O3. The molecule has 0 saturated heterocycles. The van der Waals surface area contributed by atoms with Gasteiger partial charge in [0.2, 0.25) is 0 Å². The number of hydrogen-bond donors (Lipinski definition) is 0. The highest BCUT2D eigenvalue weighted by Gasteiger charge is 2.13. The Hall–Kier alpha value is -2.27. The Labute approximate surface area is 85.1 Å². The van der Waals surface area contributed by atoms with Crippen LogP contribution >= 0.6 is 0 Å². The highest BCUT2D eigenvalue weighted by Crippen LogP contribution is 2.25. The second kappa shape index (κ2) is 4.83. The number of nitrogens with zero attached hydrogens (tertiary/aromatic N) is 4. The summed E-state index contributed by atoms with van der Waals surface area (Å²) in [4.78, 5) is 12.7.